The van der Waals surface area contributed by atoms with E-state index in [1.807, 2.05) is 30.3 Å². The molecule has 1 saturated carbocycles. The molecule has 1 spiro atoms. The first-order valence-electron chi connectivity index (χ1n) is 9.82. The second-order valence-electron chi connectivity index (χ2n) is 8.03. The SMILES string of the molecule is N#CC(C#N)=c1ccc2c(c1)N1C3=C(CCCC3)C[C@@H]3CCCC[C@@]31N=2. The summed E-state index contributed by atoms with van der Waals surface area (Å²) in [5, 5.41) is 20.3. The molecule has 4 nitrogen and oxygen atoms in total. The molecule has 2 aliphatic carbocycles. The molecule has 0 aromatic heterocycles. The van der Waals surface area contributed by atoms with Gasteiger partial charge in [0, 0.05) is 16.8 Å². The van der Waals surface area contributed by atoms with Crippen LogP contribution in [-0.2, 0) is 0 Å². The maximum atomic E-state index is 9.28. The lowest BCUT2D eigenvalue weighted by Crippen LogP contribution is -2.55. The van der Waals surface area contributed by atoms with E-state index in [0.717, 1.165) is 29.1 Å². The molecule has 2 aliphatic heterocycles. The zero-order chi connectivity index (χ0) is 17.7. The van der Waals surface area contributed by atoms with Gasteiger partial charge in [-0.05, 0) is 63.5 Å². The zero-order valence-corrected chi connectivity index (χ0v) is 15.0. The summed E-state index contributed by atoms with van der Waals surface area (Å²) >= 11 is 0. The fourth-order valence-corrected chi connectivity index (χ4v) is 5.61. The van der Waals surface area contributed by atoms with E-state index in [1.165, 1.54) is 50.6 Å². The molecule has 4 heteroatoms. The molecule has 0 unspecified atom stereocenters. The Balaban J connectivity index is 1.77. The standard InChI is InChI=1S/C22H22N4/c23-13-17(14-24)15-8-9-19-21(12-15)26-20-7-2-1-5-16(20)11-18-6-3-4-10-22(18,26)25-19/h8-9,12,18H,1-7,10-11H2/t18-,22-/m0/s1. The quantitative estimate of drug-likeness (QED) is 0.725. The van der Waals surface area contributed by atoms with Gasteiger partial charge >= 0.3 is 0 Å². The van der Waals surface area contributed by atoms with Crippen LogP contribution < -0.4 is 15.5 Å². The van der Waals surface area contributed by atoms with Gasteiger partial charge in [0.05, 0.1) is 11.0 Å². The maximum Gasteiger partial charge on any atom is 0.139 e. The average Bonchev–Trinajstić information content (AvgIpc) is 3.01. The molecule has 5 rings (SSSR count). The molecule has 1 fully saturated rings. The number of fused-ring (bicyclic) bond motifs is 3. The Labute approximate surface area is 153 Å². The fourth-order valence-electron chi connectivity index (χ4n) is 5.61. The minimum absolute atomic E-state index is 0.116. The Kier molecular flexibility index (Phi) is 3.44. The summed E-state index contributed by atoms with van der Waals surface area (Å²) in [5.41, 5.74) is 4.31. The molecule has 0 bridgehead atoms. The van der Waals surface area contributed by atoms with Crippen LogP contribution in [0.25, 0.3) is 5.57 Å². The summed E-state index contributed by atoms with van der Waals surface area (Å²) in [6, 6.07) is 10.0. The van der Waals surface area contributed by atoms with E-state index in [-0.39, 0.29) is 11.2 Å². The molecule has 1 aromatic carbocycles. The monoisotopic (exact) mass is 342 g/mol. The van der Waals surface area contributed by atoms with Gasteiger partial charge in [0.15, 0.2) is 0 Å². The summed E-state index contributed by atoms with van der Waals surface area (Å²) in [6.45, 7) is 0. The third kappa shape index (κ3) is 2.02. The van der Waals surface area contributed by atoms with Gasteiger partial charge in [0.2, 0.25) is 0 Å². The Morgan fingerprint density at radius 3 is 2.81 bits per heavy atom. The first kappa shape index (κ1) is 15.6. The van der Waals surface area contributed by atoms with Gasteiger partial charge in [0.25, 0.3) is 0 Å². The van der Waals surface area contributed by atoms with Crippen LogP contribution in [0.4, 0.5) is 5.69 Å². The lowest BCUT2D eigenvalue weighted by molar-refractivity contribution is 0.176. The van der Waals surface area contributed by atoms with E-state index in [1.54, 1.807) is 5.57 Å². The van der Waals surface area contributed by atoms with Gasteiger partial charge < -0.3 is 4.90 Å². The Bertz CT molecular complexity index is 1000. The van der Waals surface area contributed by atoms with E-state index < -0.39 is 0 Å². The first-order chi connectivity index (χ1) is 12.8. The Morgan fingerprint density at radius 2 is 1.96 bits per heavy atom. The number of benzene rings is 1. The van der Waals surface area contributed by atoms with Crippen LogP contribution in [-0.4, -0.2) is 5.66 Å². The van der Waals surface area contributed by atoms with E-state index in [0.29, 0.717) is 5.92 Å². The fraction of sp³-hybridized carbons (Fsp3) is 0.500. The van der Waals surface area contributed by atoms with Crippen LogP contribution in [0.2, 0.25) is 0 Å². The van der Waals surface area contributed by atoms with E-state index in [2.05, 4.69) is 4.90 Å². The van der Waals surface area contributed by atoms with Crippen LogP contribution >= 0.6 is 0 Å². The third-order valence-corrected chi connectivity index (χ3v) is 6.74. The molecular weight excluding hydrogens is 320 g/mol. The van der Waals surface area contributed by atoms with Gasteiger partial charge in [-0.1, -0.05) is 18.1 Å². The van der Waals surface area contributed by atoms with Crippen molar-refractivity contribution >= 4 is 11.3 Å². The number of nitriles is 2. The molecule has 2 atom stereocenters. The van der Waals surface area contributed by atoms with E-state index in [4.69, 9.17) is 4.99 Å². The molecule has 0 amide bonds. The molecule has 0 N–H and O–H groups in total. The summed E-state index contributed by atoms with van der Waals surface area (Å²) < 4.78 is 0. The second-order valence-corrected chi connectivity index (χ2v) is 8.03. The number of hydrogen-bond acceptors (Lipinski definition) is 4. The first-order valence-corrected chi connectivity index (χ1v) is 9.82. The lowest BCUT2D eigenvalue weighted by Gasteiger charge is -2.52. The van der Waals surface area contributed by atoms with Gasteiger partial charge in [-0.25, -0.2) is 0 Å². The maximum absolute atomic E-state index is 9.28. The molecule has 26 heavy (non-hydrogen) atoms. The largest absolute Gasteiger partial charge is 0.318 e. The highest BCUT2D eigenvalue weighted by molar-refractivity contribution is 5.74. The van der Waals surface area contributed by atoms with Gasteiger partial charge in [0.1, 0.15) is 23.4 Å². The van der Waals surface area contributed by atoms with Gasteiger partial charge in [-0.2, -0.15) is 10.5 Å². The van der Waals surface area contributed by atoms with Gasteiger partial charge in [-0.3, -0.25) is 4.99 Å². The van der Waals surface area contributed by atoms with Crippen molar-refractivity contribution in [1.29, 1.82) is 10.5 Å². The van der Waals surface area contributed by atoms with Crippen molar-refractivity contribution in [2.45, 2.75) is 63.5 Å². The second kappa shape index (κ2) is 5.71. The van der Waals surface area contributed by atoms with Crippen molar-refractivity contribution in [3.05, 3.63) is 40.0 Å². The van der Waals surface area contributed by atoms with E-state index >= 15 is 0 Å². The summed E-state index contributed by atoms with van der Waals surface area (Å²) in [5.74, 6) is 0.597. The zero-order valence-electron chi connectivity index (χ0n) is 15.0. The van der Waals surface area contributed by atoms with Crippen LogP contribution in [0.1, 0.15) is 57.8 Å². The Morgan fingerprint density at radius 1 is 1.12 bits per heavy atom. The van der Waals surface area contributed by atoms with Crippen LogP contribution in [0, 0.1) is 28.6 Å². The smallest absolute Gasteiger partial charge is 0.139 e. The molecule has 4 aliphatic rings. The molecule has 130 valence electrons. The molecule has 0 radical (unpaired) electrons. The van der Waals surface area contributed by atoms with Crippen molar-refractivity contribution in [1.82, 2.24) is 0 Å². The number of nitrogens with zero attached hydrogens (tertiary/aromatic N) is 4. The highest BCUT2D eigenvalue weighted by Crippen LogP contribution is 2.53. The average molecular weight is 342 g/mol. The summed E-state index contributed by atoms with van der Waals surface area (Å²) in [4.78, 5) is 7.83. The highest BCUT2D eigenvalue weighted by Gasteiger charge is 2.53. The number of rotatable bonds is 0. The molecule has 0 saturated heterocycles. The minimum Gasteiger partial charge on any atom is -0.318 e. The Hall–Kier alpha value is -2.59. The highest BCUT2D eigenvalue weighted by atomic mass is 15.4. The molecule has 2 heterocycles. The molecular formula is C22H22N4. The third-order valence-electron chi connectivity index (χ3n) is 6.74. The van der Waals surface area contributed by atoms with Crippen molar-refractivity contribution in [2.24, 2.45) is 10.9 Å². The van der Waals surface area contributed by atoms with Crippen molar-refractivity contribution in [2.75, 3.05) is 4.90 Å². The summed E-state index contributed by atoms with van der Waals surface area (Å²) in [6.07, 6.45) is 11.0. The predicted molar refractivity (Wildman–Crippen MR) is 99.1 cm³/mol. The van der Waals surface area contributed by atoms with E-state index in [9.17, 15) is 10.5 Å². The van der Waals surface area contributed by atoms with Crippen molar-refractivity contribution in [3.8, 4) is 12.1 Å². The summed E-state index contributed by atoms with van der Waals surface area (Å²) in [7, 11) is 0. The minimum atomic E-state index is -0.116. The lowest BCUT2D eigenvalue weighted by atomic mass is 9.70. The number of hydrogen-bond donors (Lipinski definition) is 0. The van der Waals surface area contributed by atoms with Gasteiger partial charge in [-0.15, -0.1) is 0 Å². The number of anilines is 1. The molecule has 1 aromatic rings. The van der Waals surface area contributed by atoms with Crippen molar-refractivity contribution < 1.29 is 0 Å². The van der Waals surface area contributed by atoms with Crippen molar-refractivity contribution in [3.63, 3.8) is 0 Å². The topological polar surface area (TPSA) is 63.2 Å². The van der Waals surface area contributed by atoms with Crippen LogP contribution in [0.15, 0.2) is 34.5 Å². The predicted octanol–water partition coefficient (Wildman–Crippen LogP) is 3.44. The normalized spacial score (nSPS) is 28.7. The van der Waals surface area contributed by atoms with Crippen LogP contribution in [0.3, 0.4) is 0 Å². The number of allylic oxidation sites excluding steroid dienone is 2. The van der Waals surface area contributed by atoms with Crippen LogP contribution in [0.5, 0.6) is 0 Å².